The van der Waals surface area contributed by atoms with Crippen LogP contribution in [0.2, 0.25) is 0 Å². The molecule has 8 aromatic carbocycles. The van der Waals surface area contributed by atoms with Crippen molar-refractivity contribution in [2.45, 2.75) is 30.6 Å². The molecule has 13 rings (SSSR count). The van der Waals surface area contributed by atoms with E-state index in [4.69, 9.17) is 9.47 Å². The third-order valence-corrected chi connectivity index (χ3v) is 14.3. The van der Waals surface area contributed by atoms with E-state index in [0.717, 1.165) is 64.8 Å². The van der Waals surface area contributed by atoms with Crippen molar-refractivity contribution < 1.29 is 9.47 Å². The van der Waals surface area contributed by atoms with E-state index in [0.29, 0.717) is 0 Å². The van der Waals surface area contributed by atoms with Gasteiger partial charge in [-0.1, -0.05) is 170 Å². The second kappa shape index (κ2) is 15.1. The first kappa shape index (κ1) is 37.7. The molecule has 1 spiro atoms. The molecule has 2 atom stereocenters. The number of fused-ring (bicyclic) bond motifs is 12. The first-order chi connectivity index (χ1) is 32.2. The molecule has 0 amide bonds. The number of rotatable bonds is 7. The van der Waals surface area contributed by atoms with Gasteiger partial charge >= 0.3 is 0 Å². The minimum atomic E-state index is -0.324. The number of benzene rings is 8. The van der Waals surface area contributed by atoms with Gasteiger partial charge in [0, 0.05) is 28.9 Å². The Bertz CT molecular complexity index is 3270. The maximum Gasteiger partial charge on any atom is 0.170 e. The van der Waals surface area contributed by atoms with Gasteiger partial charge in [-0.3, -0.25) is 0 Å². The molecule has 0 aromatic heterocycles. The first-order valence-corrected chi connectivity index (χ1v) is 22.9. The van der Waals surface area contributed by atoms with E-state index >= 15 is 0 Å². The molecule has 65 heavy (non-hydrogen) atoms. The van der Waals surface area contributed by atoms with Crippen molar-refractivity contribution in [2.24, 2.45) is 5.92 Å². The van der Waals surface area contributed by atoms with Gasteiger partial charge in [-0.15, -0.1) is 0 Å². The van der Waals surface area contributed by atoms with Gasteiger partial charge < -0.3 is 14.4 Å². The van der Waals surface area contributed by atoms with E-state index in [9.17, 15) is 0 Å². The summed E-state index contributed by atoms with van der Waals surface area (Å²) in [6.45, 7) is 0. The third kappa shape index (κ3) is 6.10. The fraction of sp³-hybridized carbons (Fsp3) is 0.0968. The maximum absolute atomic E-state index is 6.89. The second-order valence-electron chi connectivity index (χ2n) is 17.9. The van der Waals surface area contributed by atoms with Gasteiger partial charge in [0.1, 0.15) is 0 Å². The van der Waals surface area contributed by atoms with Crippen molar-refractivity contribution in [1.29, 1.82) is 0 Å². The Balaban J connectivity index is 0.829. The van der Waals surface area contributed by atoms with Crippen LogP contribution in [0.3, 0.4) is 0 Å². The molecule has 8 aromatic rings. The van der Waals surface area contributed by atoms with E-state index in [1.807, 2.05) is 0 Å². The molecule has 0 saturated carbocycles. The van der Waals surface area contributed by atoms with Crippen LogP contribution in [-0.2, 0) is 11.8 Å². The molecule has 2 unspecified atom stereocenters. The smallest absolute Gasteiger partial charge is 0.170 e. The summed E-state index contributed by atoms with van der Waals surface area (Å²) >= 11 is 0. The van der Waals surface area contributed by atoms with Crippen LogP contribution < -0.4 is 14.4 Å². The summed E-state index contributed by atoms with van der Waals surface area (Å²) in [5, 5.41) is 0. The molecule has 0 radical (unpaired) electrons. The maximum atomic E-state index is 6.89. The van der Waals surface area contributed by atoms with Crippen molar-refractivity contribution in [3.63, 3.8) is 0 Å². The molecule has 4 aliphatic carbocycles. The third-order valence-electron chi connectivity index (χ3n) is 14.3. The van der Waals surface area contributed by atoms with E-state index in [1.165, 1.54) is 61.3 Å². The Morgan fingerprint density at radius 2 is 1.09 bits per heavy atom. The first-order valence-electron chi connectivity index (χ1n) is 22.9. The number of nitrogens with zero attached hydrogens (tertiary/aromatic N) is 1. The lowest BCUT2D eigenvalue weighted by molar-refractivity contribution is 0.276. The highest BCUT2D eigenvalue weighted by atomic mass is 16.6. The highest BCUT2D eigenvalue weighted by Gasteiger charge is 2.58. The van der Waals surface area contributed by atoms with Crippen LogP contribution in [0.25, 0.3) is 33.4 Å². The molecule has 310 valence electrons. The Morgan fingerprint density at radius 1 is 0.492 bits per heavy atom. The Kier molecular flexibility index (Phi) is 8.77. The van der Waals surface area contributed by atoms with Gasteiger partial charge in [-0.05, 0) is 141 Å². The highest BCUT2D eigenvalue weighted by molar-refractivity contribution is 5.86. The molecule has 0 fully saturated rings. The molecular weight excluding hydrogens is 791 g/mol. The molecule has 1 aliphatic heterocycles. The summed E-state index contributed by atoms with van der Waals surface area (Å²) in [7, 11) is 0. The minimum Gasteiger partial charge on any atom is -0.450 e. The van der Waals surface area contributed by atoms with Crippen molar-refractivity contribution in [3.05, 3.63) is 275 Å². The van der Waals surface area contributed by atoms with Crippen LogP contribution in [0.5, 0.6) is 11.5 Å². The lowest BCUT2D eigenvalue weighted by Crippen LogP contribution is -2.34. The monoisotopic (exact) mass is 835 g/mol. The lowest BCUT2D eigenvalue weighted by atomic mass is 9.65. The lowest BCUT2D eigenvalue weighted by Gasteiger charge is -2.38. The Morgan fingerprint density at radius 3 is 1.82 bits per heavy atom. The molecule has 0 saturated heterocycles. The predicted molar refractivity (Wildman–Crippen MR) is 263 cm³/mol. The van der Waals surface area contributed by atoms with Crippen molar-refractivity contribution >= 4 is 11.4 Å². The number of hydrogen-bond acceptors (Lipinski definition) is 3. The van der Waals surface area contributed by atoms with E-state index in [2.05, 4.69) is 229 Å². The summed E-state index contributed by atoms with van der Waals surface area (Å²) in [5.41, 5.74) is 18.5. The zero-order valence-electron chi connectivity index (χ0n) is 35.9. The van der Waals surface area contributed by atoms with Crippen molar-refractivity contribution in [2.75, 3.05) is 4.90 Å². The number of ether oxygens (including phenoxy) is 2. The molecule has 0 N–H and O–H groups in total. The Labute approximate surface area is 380 Å². The molecular formula is C62H45NO2. The van der Waals surface area contributed by atoms with Crippen LogP contribution in [0.1, 0.15) is 52.1 Å². The van der Waals surface area contributed by atoms with Gasteiger partial charge in [-0.2, -0.15) is 0 Å². The van der Waals surface area contributed by atoms with Gasteiger partial charge in [0.25, 0.3) is 0 Å². The summed E-state index contributed by atoms with van der Waals surface area (Å²) in [5.74, 6) is 3.28. The average molecular weight is 836 g/mol. The SMILES string of the molecule is C1=CCCC(N(c2cccc(-c3ccc(Cc4ccccc4)cc3)c2)c2cccc(-c3ccc4c(c3)OC3=CC5c6ccccc6C6(c7ccccc7-c7ccccc76)C5C=C3O4)c2)=C1. The standard InChI is InChI=1S/C62H45NO2/c1-3-15-41(16-4-1)35-42-29-31-43(32-30-42)44-17-13-21-48(36-44)63(47-19-5-2-6-20-47)49-22-14-18-45(37-49)46-33-34-58-59(38-46)65-60-39-53-52-25-9-12-28-56(52)62(57(53)40-61(60)64-58)54-26-10-7-23-50(54)51-24-8-11-27-55(51)62/h1-5,7-19,21-34,36-40,53,57H,6,20,35H2. The average Bonchev–Trinajstić information content (AvgIpc) is 3.83. The molecule has 5 aliphatic rings. The quantitative estimate of drug-likeness (QED) is 0.160. The fourth-order valence-electron chi connectivity index (χ4n) is 11.4. The zero-order chi connectivity index (χ0) is 42.9. The summed E-state index contributed by atoms with van der Waals surface area (Å²) in [6.07, 6.45) is 14.3. The summed E-state index contributed by atoms with van der Waals surface area (Å²) in [6, 6.07) is 70.9. The van der Waals surface area contributed by atoms with Crippen LogP contribution in [0.15, 0.2) is 242 Å². The van der Waals surface area contributed by atoms with E-state index in [-0.39, 0.29) is 17.3 Å². The van der Waals surface area contributed by atoms with Gasteiger partial charge in [0.05, 0.1) is 5.41 Å². The van der Waals surface area contributed by atoms with Crippen molar-refractivity contribution in [1.82, 2.24) is 0 Å². The number of anilines is 2. The predicted octanol–water partition coefficient (Wildman–Crippen LogP) is 15.3. The largest absolute Gasteiger partial charge is 0.450 e. The molecule has 3 nitrogen and oxygen atoms in total. The van der Waals surface area contributed by atoms with Gasteiger partial charge in [0.15, 0.2) is 23.0 Å². The summed E-state index contributed by atoms with van der Waals surface area (Å²) in [4.78, 5) is 2.42. The Hall–Kier alpha value is -7.88. The highest BCUT2D eigenvalue weighted by Crippen LogP contribution is 2.66. The molecule has 3 heteroatoms. The molecule has 0 bridgehead atoms. The van der Waals surface area contributed by atoms with Gasteiger partial charge in [0.2, 0.25) is 0 Å². The molecule has 1 heterocycles. The van der Waals surface area contributed by atoms with Crippen LogP contribution in [-0.4, -0.2) is 0 Å². The number of hydrogen-bond donors (Lipinski definition) is 0. The zero-order valence-corrected chi connectivity index (χ0v) is 35.9. The van der Waals surface area contributed by atoms with Gasteiger partial charge in [-0.25, -0.2) is 0 Å². The van der Waals surface area contributed by atoms with Crippen molar-refractivity contribution in [3.8, 4) is 44.9 Å². The van der Waals surface area contributed by atoms with E-state index < -0.39 is 0 Å². The fourth-order valence-corrected chi connectivity index (χ4v) is 11.4. The van der Waals surface area contributed by atoms with Crippen LogP contribution in [0.4, 0.5) is 11.4 Å². The summed E-state index contributed by atoms with van der Waals surface area (Å²) < 4.78 is 13.7. The minimum absolute atomic E-state index is 0.125. The van der Waals surface area contributed by atoms with E-state index in [1.54, 1.807) is 0 Å². The normalized spacial score (nSPS) is 17.8. The number of allylic oxidation sites excluding steroid dienone is 6. The second-order valence-corrected chi connectivity index (χ2v) is 17.9. The topological polar surface area (TPSA) is 21.7 Å². The van der Waals surface area contributed by atoms with Crippen LogP contribution >= 0.6 is 0 Å². The van der Waals surface area contributed by atoms with Crippen LogP contribution in [0, 0.1) is 5.92 Å².